The van der Waals surface area contributed by atoms with Crippen molar-refractivity contribution in [3.05, 3.63) is 58.2 Å². The van der Waals surface area contributed by atoms with E-state index in [-0.39, 0.29) is 11.8 Å². The molecule has 10 heteroatoms. The maximum absolute atomic E-state index is 11.9. The maximum atomic E-state index is 11.9. The Bertz CT molecular complexity index is 1270. The third kappa shape index (κ3) is 3.73. The normalized spacial score (nSPS) is 15.0. The summed E-state index contributed by atoms with van der Waals surface area (Å²) in [5.41, 5.74) is 2.48. The van der Waals surface area contributed by atoms with Gasteiger partial charge < -0.3 is 10.4 Å². The Kier molecular flexibility index (Phi) is 5.04. The maximum Gasteiger partial charge on any atom is 0.226 e. The summed E-state index contributed by atoms with van der Waals surface area (Å²) in [4.78, 5) is 18.3. The molecular formula is C21H21ClN6O2S. The van der Waals surface area contributed by atoms with Gasteiger partial charge in [0.15, 0.2) is 0 Å². The minimum Gasteiger partial charge on any atom is -0.380 e. The van der Waals surface area contributed by atoms with Crippen LogP contribution in [0, 0.1) is 5.92 Å². The number of carbonyl (C=O) groups excluding carboxylic acids is 1. The Balaban J connectivity index is 1.43. The van der Waals surface area contributed by atoms with Gasteiger partial charge in [-0.15, -0.1) is 16.4 Å². The Morgan fingerprint density at radius 3 is 2.87 bits per heavy atom. The molecule has 0 aliphatic heterocycles. The molecule has 0 radical (unpaired) electrons. The average Bonchev–Trinajstić information content (AvgIpc) is 3.14. The number of fused-ring (bicyclic) bond motifs is 1. The van der Waals surface area contributed by atoms with E-state index in [2.05, 4.69) is 20.6 Å². The number of thiazole rings is 1. The van der Waals surface area contributed by atoms with Crippen molar-refractivity contribution in [3.63, 3.8) is 0 Å². The highest BCUT2D eigenvalue weighted by Gasteiger charge is 2.33. The molecule has 1 fully saturated rings. The number of aliphatic hydroxyl groups excluding tert-OH is 1. The first-order chi connectivity index (χ1) is 14.9. The number of halogens is 1. The van der Waals surface area contributed by atoms with Crippen molar-refractivity contribution in [1.82, 2.24) is 24.4 Å². The number of hydrogen-bond acceptors (Lipinski definition) is 6. The second kappa shape index (κ2) is 7.74. The van der Waals surface area contributed by atoms with E-state index in [1.165, 1.54) is 4.88 Å². The predicted molar refractivity (Wildman–Crippen MR) is 119 cm³/mol. The Hall–Kier alpha value is -2.75. The quantitative estimate of drug-likeness (QED) is 0.453. The molecule has 8 nitrogen and oxygen atoms in total. The highest BCUT2D eigenvalue weighted by atomic mass is 35.5. The number of hydrogen-bond donors (Lipinski definition) is 2. The summed E-state index contributed by atoms with van der Waals surface area (Å²) in [6.07, 6.45) is 6.60. The molecule has 1 atom stereocenters. The standard InChI is InChI=1S/C21H21ClN6O2S/c1-11(2)21(30)24-15-6-5-13(7-14(15)22)28-9-16(25-26-28)19(29)18-20(12-3-4-12)31-17-8-23-10-27(17)18/h5-12,19,29H,3-4H2,1-2H3,(H,24,30). The largest absolute Gasteiger partial charge is 0.380 e. The molecule has 5 rings (SSSR count). The van der Waals surface area contributed by atoms with E-state index in [0.29, 0.717) is 28.0 Å². The summed E-state index contributed by atoms with van der Waals surface area (Å²) >= 11 is 8.03. The fourth-order valence-corrected chi connectivity index (χ4v) is 4.94. The number of imidazole rings is 1. The van der Waals surface area contributed by atoms with Crippen LogP contribution in [0.5, 0.6) is 0 Å². The number of nitrogens with one attached hydrogen (secondary N) is 1. The zero-order valence-corrected chi connectivity index (χ0v) is 18.6. The van der Waals surface area contributed by atoms with Crippen molar-refractivity contribution < 1.29 is 9.90 Å². The second-order valence-electron chi connectivity index (χ2n) is 8.03. The van der Waals surface area contributed by atoms with Crippen LogP contribution in [0.2, 0.25) is 5.02 Å². The molecule has 1 aliphatic carbocycles. The third-order valence-electron chi connectivity index (χ3n) is 5.33. The first-order valence-electron chi connectivity index (χ1n) is 10.1. The van der Waals surface area contributed by atoms with Crippen molar-refractivity contribution in [2.45, 2.75) is 38.7 Å². The van der Waals surface area contributed by atoms with E-state index in [9.17, 15) is 9.90 Å². The van der Waals surface area contributed by atoms with E-state index in [1.807, 2.05) is 24.4 Å². The van der Waals surface area contributed by atoms with Crippen LogP contribution in [0.25, 0.3) is 10.5 Å². The molecule has 1 amide bonds. The summed E-state index contributed by atoms with van der Waals surface area (Å²) in [6, 6.07) is 5.23. The summed E-state index contributed by atoms with van der Waals surface area (Å²) < 4.78 is 3.50. The summed E-state index contributed by atoms with van der Waals surface area (Å²) in [5.74, 6) is 0.251. The number of amides is 1. The molecule has 3 aromatic heterocycles. The molecule has 1 aromatic carbocycles. The monoisotopic (exact) mass is 456 g/mol. The highest BCUT2D eigenvalue weighted by Crippen LogP contribution is 2.47. The number of anilines is 1. The van der Waals surface area contributed by atoms with E-state index in [0.717, 1.165) is 23.4 Å². The number of aromatic nitrogens is 5. The fourth-order valence-electron chi connectivity index (χ4n) is 3.42. The van der Waals surface area contributed by atoms with E-state index >= 15 is 0 Å². The Morgan fingerprint density at radius 2 is 2.16 bits per heavy atom. The van der Waals surface area contributed by atoms with Crippen LogP contribution >= 0.6 is 22.9 Å². The van der Waals surface area contributed by atoms with Crippen molar-refractivity contribution in [3.8, 4) is 5.69 Å². The third-order valence-corrected chi connectivity index (χ3v) is 6.92. The zero-order valence-electron chi connectivity index (χ0n) is 17.0. The van der Waals surface area contributed by atoms with Gasteiger partial charge in [-0.3, -0.25) is 9.20 Å². The molecule has 0 bridgehead atoms. The SMILES string of the molecule is CC(C)C(=O)Nc1ccc(-n2cc(C(O)c3c(C4CC4)sc4cncn34)nn2)cc1Cl. The zero-order chi connectivity index (χ0) is 21.7. The number of rotatable bonds is 6. The predicted octanol–water partition coefficient (Wildman–Crippen LogP) is 4.18. The van der Waals surface area contributed by atoms with Gasteiger partial charge in [-0.25, -0.2) is 9.67 Å². The summed E-state index contributed by atoms with van der Waals surface area (Å²) in [7, 11) is 0. The molecule has 1 aliphatic rings. The number of aliphatic hydroxyl groups is 1. The summed E-state index contributed by atoms with van der Waals surface area (Å²) in [6.45, 7) is 3.64. The van der Waals surface area contributed by atoms with Gasteiger partial charge in [-0.1, -0.05) is 30.7 Å². The first-order valence-corrected chi connectivity index (χ1v) is 11.3. The van der Waals surface area contributed by atoms with Gasteiger partial charge in [-0.2, -0.15) is 0 Å². The molecular weight excluding hydrogens is 436 g/mol. The van der Waals surface area contributed by atoms with E-state index in [1.54, 1.807) is 46.7 Å². The van der Waals surface area contributed by atoms with Crippen LogP contribution in [0.15, 0.2) is 36.9 Å². The average molecular weight is 457 g/mol. The van der Waals surface area contributed by atoms with Crippen molar-refractivity contribution >= 4 is 39.4 Å². The minimum atomic E-state index is -0.910. The topological polar surface area (TPSA) is 97.3 Å². The molecule has 1 unspecified atom stereocenters. The van der Waals surface area contributed by atoms with Gasteiger partial charge in [-0.05, 0) is 37.0 Å². The van der Waals surface area contributed by atoms with Crippen molar-refractivity contribution in [2.75, 3.05) is 5.32 Å². The van der Waals surface area contributed by atoms with Gasteiger partial charge in [0.25, 0.3) is 0 Å². The van der Waals surface area contributed by atoms with Gasteiger partial charge in [0.1, 0.15) is 23.0 Å². The smallest absolute Gasteiger partial charge is 0.226 e. The van der Waals surface area contributed by atoms with Crippen LogP contribution in [0.4, 0.5) is 5.69 Å². The fraction of sp³-hybridized carbons (Fsp3) is 0.333. The highest BCUT2D eigenvalue weighted by molar-refractivity contribution is 7.17. The number of nitrogens with zero attached hydrogens (tertiary/aromatic N) is 5. The molecule has 3 heterocycles. The van der Waals surface area contributed by atoms with Crippen LogP contribution in [0.1, 0.15) is 55.0 Å². The van der Waals surface area contributed by atoms with Gasteiger partial charge in [0.2, 0.25) is 5.91 Å². The van der Waals surface area contributed by atoms with E-state index < -0.39 is 6.10 Å². The molecule has 4 aromatic rings. The molecule has 1 saturated carbocycles. The van der Waals surface area contributed by atoms with Crippen LogP contribution < -0.4 is 5.32 Å². The van der Waals surface area contributed by atoms with E-state index in [4.69, 9.17) is 11.6 Å². The molecule has 2 N–H and O–H groups in total. The lowest BCUT2D eigenvalue weighted by Gasteiger charge is -2.11. The van der Waals surface area contributed by atoms with Crippen LogP contribution in [0.3, 0.4) is 0 Å². The van der Waals surface area contributed by atoms with Crippen molar-refractivity contribution in [1.29, 1.82) is 0 Å². The Morgan fingerprint density at radius 1 is 1.35 bits per heavy atom. The molecule has 0 spiro atoms. The molecule has 0 saturated heterocycles. The van der Waals surface area contributed by atoms with Crippen LogP contribution in [-0.2, 0) is 4.79 Å². The van der Waals surface area contributed by atoms with Crippen LogP contribution in [-0.4, -0.2) is 35.4 Å². The van der Waals surface area contributed by atoms with Gasteiger partial charge in [0, 0.05) is 10.8 Å². The molecule has 31 heavy (non-hydrogen) atoms. The summed E-state index contributed by atoms with van der Waals surface area (Å²) in [5, 5.41) is 22.7. The molecule has 160 valence electrons. The number of benzene rings is 1. The second-order valence-corrected chi connectivity index (χ2v) is 9.50. The lowest BCUT2D eigenvalue weighted by Crippen LogP contribution is -2.18. The first kappa shape index (κ1) is 20.2. The van der Waals surface area contributed by atoms with Crippen molar-refractivity contribution in [2.24, 2.45) is 5.92 Å². The lowest BCUT2D eigenvalue weighted by atomic mass is 10.1. The minimum absolute atomic E-state index is 0.103. The van der Waals surface area contributed by atoms with Gasteiger partial charge >= 0.3 is 0 Å². The lowest BCUT2D eigenvalue weighted by molar-refractivity contribution is -0.118. The van der Waals surface area contributed by atoms with Gasteiger partial charge in [0.05, 0.1) is 34.5 Å². The Labute approximate surface area is 187 Å². The number of carbonyl (C=O) groups is 1.